The number of aromatic hydroxyl groups is 2. The minimum absolute atomic E-state index is 0.000621. The van der Waals surface area contributed by atoms with Gasteiger partial charge >= 0.3 is 0 Å². The van der Waals surface area contributed by atoms with Crippen molar-refractivity contribution in [3.63, 3.8) is 0 Å². The van der Waals surface area contributed by atoms with Crippen molar-refractivity contribution in [3.05, 3.63) is 83.9 Å². The first kappa shape index (κ1) is 22.8. The summed E-state index contributed by atoms with van der Waals surface area (Å²) in [6, 6.07) is 20.9. The number of hydrazone groups is 1. The van der Waals surface area contributed by atoms with Crippen LogP contribution in [0.15, 0.2) is 77.9 Å². The highest BCUT2D eigenvalue weighted by Crippen LogP contribution is 2.28. The van der Waals surface area contributed by atoms with Gasteiger partial charge in [-0.15, -0.1) is 0 Å². The fraction of sp³-hybridized carbons (Fsp3) is 0.148. The lowest BCUT2D eigenvalue weighted by Crippen LogP contribution is -2.20. The summed E-state index contributed by atoms with van der Waals surface area (Å²) in [4.78, 5) is 18.0. The van der Waals surface area contributed by atoms with Crippen LogP contribution >= 0.6 is 0 Å². The molecule has 0 saturated heterocycles. The molecule has 0 fully saturated rings. The van der Waals surface area contributed by atoms with E-state index in [2.05, 4.69) is 10.5 Å². The third-order valence-corrected chi connectivity index (χ3v) is 5.32. The van der Waals surface area contributed by atoms with Crippen molar-refractivity contribution < 1.29 is 19.7 Å². The number of phenols is 2. The molecule has 0 aliphatic heterocycles. The summed E-state index contributed by atoms with van der Waals surface area (Å²) in [7, 11) is 0. The summed E-state index contributed by atoms with van der Waals surface area (Å²) in [6.45, 7) is 4.32. The van der Waals surface area contributed by atoms with Gasteiger partial charge in [0.2, 0.25) is 0 Å². The molecule has 0 radical (unpaired) electrons. The Morgan fingerprint density at radius 1 is 0.971 bits per heavy atom. The molecule has 7 heteroatoms. The number of benzene rings is 3. The quantitative estimate of drug-likeness (QED) is 0.200. The number of para-hydroxylation sites is 1. The van der Waals surface area contributed by atoms with Crippen LogP contribution in [0, 0.1) is 0 Å². The summed E-state index contributed by atoms with van der Waals surface area (Å²) in [5.41, 5.74) is 5.95. The molecule has 0 aliphatic rings. The number of rotatable bonds is 7. The zero-order chi connectivity index (χ0) is 24.1. The number of aromatic nitrogens is 1. The number of carbonyl (C=O) groups excluding carboxylic acids is 1. The first-order chi connectivity index (χ1) is 16.5. The second-order valence-corrected chi connectivity index (χ2v) is 7.59. The number of amides is 1. The predicted molar refractivity (Wildman–Crippen MR) is 132 cm³/mol. The first-order valence-corrected chi connectivity index (χ1v) is 11.0. The molecule has 1 amide bonds. The van der Waals surface area contributed by atoms with Crippen LogP contribution in [0.4, 0.5) is 0 Å². The van der Waals surface area contributed by atoms with E-state index in [1.54, 1.807) is 6.07 Å². The summed E-state index contributed by atoms with van der Waals surface area (Å²) in [5.74, 6) is 0.285. The third-order valence-electron chi connectivity index (χ3n) is 5.32. The molecule has 0 bridgehead atoms. The van der Waals surface area contributed by atoms with Crippen LogP contribution in [0.3, 0.4) is 0 Å². The smallest absolute Gasteiger partial charge is 0.272 e. The number of hydrogen-bond donors (Lipinski definition) is 3. The summed E-state index contributed by atoms with van der Waals surface area (Å²) >= 11 is 0. The van der Waals surface area contributed by atoms with Crippen LogP contribution in [0.1, 0.15) is 36.2 Å². The van der Waals surface area contributed by atoms with E-state index in [4.69, 9.17) is 9.72 Å². The molecule has 0 saturated carbocycles. The Hall–Kier alpha value is -4.39. The Balaban J connectivity index is 1.73. The Labute approximate surface area is 197 Å². The lowest BCUT2D eigenvalue weighted by molar-refractivity contribution is 0.0956. The number of pyridine rings is 1. The number of hydrogen-bond acceptors (Lipinski definition) is 6. The standard InChI is InChI=1S/C27H25N3O4/c1-3-23(22-15-18(31)12-13-26(22)32)29-30-27(33)21-16-25(28-24-11-6-5-10-20(21)24)17-8-7-9-19(14-17)34-4-2/h5-16,31-32H,3-4H2,1-2H3,(H,30,33)/b29-23-. The molecule has 1 heterocycles. The van der Waals surface area contributed by atoms with E-state index in [0.717, 1.165) is 11.3 Å². The topological polar surface area (TPSA) is 104 Å². The van der Waals surface area contributed by atoms with Gasteiger partial charge in [-0.25, -0.2) is 10.4 Å². The maximum Gasteiger partial charge on any atom is 0.272 e. The van der Waals surface area contributed by atoms with Crippen LogP contribution < -0.4 is 10.2 Å². The number of carbonyl (C=O) groups is 1. The number of nitrogens with one attached hydrogen (secondary N) is 1. The maximum atomic E-state index is 13.2. The monoisotopic (exact) mass is 455 g/mol. The highest BCUT2D eigenvalue weighted by Gasteiger charge is 2.15. The van der Waals surface area contributed by atoms with Crippen LogP contribution in [0.25, 0.3) is 22.2 Å². The summed E-state index contributed by atoms with van der Waals surface area (Å²) in [6.07, 6.45) is 0.434. The van der Waals surface area contributed by atoms with Crippen LogP contribution in [0.5, 0.6) is 17.2 Å². The van der Waals surface area contributed by atoms with Crippen molar-refractivity contribution >= 4 is 22.5 Å². The average molecular weight is 456 g/mol. The van der Waals surface area contributed by atoms with Crippen molar-refractivity contribution in [2.45, 2.75) is 20.3 Å². The van der Waals surface area contributed by atoms with Crippen molar-refractivity contribution in [2.24, 2.45) is 5.10 Å². The molecule has 0 atom stereocenters. The highest BCUT2D eigenvalue weighted by molar-refractivity contribution is 6.08. The molecule has 4 aromatic rings. The lowest BCUT2D eigenvalue weighted by atomic mass is 10.0. The molecule has 3 N–H and O–H groups in total. The predicted octanol–water partition coefficient (Wildman–Crippen LogP) is 5.26. The van der Waals surface area contributed by atoms with Gasteiger partial charge in [-0.05, 0) is 55.8 Å². The van der Waals surface area contributed by atoms with E-state index < -0.39 is 5.91 Å². The fourth-order valence-corrected chi connectivity index (χ4v) is 3.69. The Morgan fingerprint density at radius 3 is 2.59 bits per heavy atom. The van der Waals surface area contributed by atoms with Gasteiger partial charge in [-0.2, -0.15) is 5.10 Å². The van der Waals surface area contributed by atoms with Crippen LogP contribution in [0.2, 0.25) is 0 Å². The molecule has 4 rings (SSSR count). The molecule has 0 spiro atoms. The zero-order valence-electron chi connectivity index (χ0n) is 18.9. The lowest BCUT2D eigenvalue weighted by Gasteiger charge is -2.11. The van der Waals surface area contributed by atoms with Crippen molar-refractivity contribution in [1.29, 1.82) is 0 Å². The average Bonchev–Trinajstić information content (AvgIpc) is 2.86. The molecule has 34 heavy (non-hydrogen) atoms. The van der Waals surface area contributed by atoms with Crippen molar-refractivity contribution in [1.82, 2.24) is 10.4 Å². The van der Waals surface area contributed by atoms with E-state index in [-0.39, 0.29) is 11.5 Å². The molecule has 0 unspecified atom stereocenters. The van der Waals surface area contributed by atoms with E-state index in [9.17, 15) is 15.0 Å². The maximum absolute atomic E-state index is 13.2. The summed E-state index contributed by atoms with van der Waals surface area (Å²) in [5, 5.41) is 24.9. The minimum Gasteiger partial charge on any atom is -0.508 e. The van der Waals surface area contributed by atoms with E-state index in [1.165, 1.54) is 18.2 Å². The highest BCUT2D eigenvalue weighted by atomic mass is 16.5. The SMILES string of the molecule is CCOc1cccc(-c2cc(C(=O)N/N=C(/CC)c3cc(O)ccc3O)c3ccccc3n2)c1. The Kier molecular flexibility index (Phi) is 6.73. The molecular weight excluding hydrogens is 430 g/mol. The number of fused-ring (bicyclic) bond motifs is 1. The fourth-order valence-electron chi connectivity index (χ4n) is 3.69. The van der Waals surface area contributed by atoms with E-state index in [0.29, 0.717) is 46.5 Å². The van der Waals surface area contributed by atoms with Gasteiger partial charge in [-0.1, -0.05) is 37.3 Å². The van der Waals surface area contributed by atoms with Gasteiger partial charge in [-0.3, -0.25) is 4.79 Å². The van der Waals surface area contributed by atoms with Crippen molar-refractivity contribution in [3.8, 4) is 28.5 Å². The van der Waals surface area contributed by atoms with Gasteiger partial charge < -0.3 is 14.9 Å². The second kappa shape index (κ2) is 10.0. The number of nitrogens with zero attached hydrogens (tertiary/aromatic N) is 2. The molecule has 1 aromatic heterocycles. The van der Waals surface area contributed by atoms with Gasteiger partial charge in [0.05, 0.1) is 29.1 Å². The number of ether oxygens (including phenoxy) is 1. The molecular formula is C27H25N3O4. The van der Waals surface area contributed by atoms with Crippen LogP contribution in [-0.2, 0) is 0 Å². The molecule has 3 aromatic carbocycles. The van der Waals surface area contributed by atoms with E-state index in [1.807, 2.05) is 62.4 Å². The minimum atomic E-state index is -0.411. The summed E-state index contributed by atoms with van der Waals surface area (Å²) < 4.78 is 5.61. The van der Waals surface area contributed by atoms with Crippen molar-refractivity contribution in [2.75, 3.05) is 6.61 Å². The normalized spacial score (nSPS) is 11.4. The van der Waals surface area contributed by atoms with Gasteiger partial charge in [0.25, 0.3) is 5.91 Å². The molecule has 0 aliphatic carbocycles. The Bertz CT molecular complexity index is 1380. The van der Waals surface area contributed by atoms with E-state index >= 15 is 0 Å². The first-order valence-electron chi connectivity index (χ1n) is 11.0. The third kappa shape index (κ3) is 4.83. The van der Waals surface area contributed by atoms with Crippen LogP contribution in [-0.4, -0.2) is 33.4 Å². The molecule has 7 nitrogen and oxygen atoms in total. The van der Waals surface area contributed by atoms with Gasteiger partial charge in [0.15, 0.2) is 0 Å². The largest absolute Gasteiger partial charge is 0.508 e. The van der Waals surface area contributed by atoms with Gasteiger partial charge in [0, 0.05) is 16.5 Å². The second-order valence-electron chi connectivity index (χ2n) is 7.59. The number of phenolic OH excluding ortho intramolecular Hbond substituents is 2. The molecule has 172 valence electrons. The van der Waals surface area contributed by atoms with Gasteiger partial charge in [0.1, 0.15) is 17.2 Å². The Morgan fingerprint density at radius 2 is 1.79 bits per heavy atom. The zero-order valence-corrected chi connectivity index (χ0v) is 18.9.